The van der Waals surface area contributed by atoms with Crippen molar-refractivity contribution < 1.29 is 4.39 Å². The van der Waals surface area contributed by atoms with Gasteiger partial charge in [-0.1, -0.05) is 6.42 Å². The second-order valence-electron chi connectivity index (χ2n) is 4.82. The highest BCUT2D eigenvalue weighted by Crippen LogP contribution is 2.27. The molecule has 0 saturated carbocycles. The molecule has 2 heteroatoms. The minimum Gasteiger partial charge on any atom is -0.314 e. The van der Waals surface area contributed by atoms with Crippen molar-refractivity contribution in [1.82, 2.24) is 5.32 Å². The number of alkyl halides is 1. The van der Waals surface area contributed by atoms with E-state index in [9.17, 15) is 4.39 Å². The Morgan fingerprint density at radius 1 is 1.53 bits per heavy atom. The van der Waals surface area contributed by atoms with Gasteiger partial charge >= 0.3 is 0 Å². The summed E-state index contributed by atoms with van der Waals surface area (Å²) in [4.78, 5) is 0. The van der Waals surface area contributed by atoms with E-state index in [4.69, 9.17) is 6.42 Å². The lowest BCUT2D eigenvalue weighted by atomic mass is 9.89. The van der Waals surface area contributed by atoms with Crippen molar-refractivity contribution in [1.29, 1.82) is 0 Å². The predicted octanol–water partition coefficient (Wildman–Crippen LogP) is 3.05. The minimum atomic E-state index is -1.05. The monoisotopic (exact) mass is 211 g/mol. The maximum atomic E-state index is 14.1. The van der Waals surface area contributed by atoms with Crippen LogP contribution >= 0.6 is 0 Å². The van der Waals surface area contributed by atoms with Crippen LogP contribution in [-0.2, 0) is 0 Å². The van der Waals surface area contributed by atoms with Gasteiger partial charge in [-0.3, -0.25) is 0 Å². The van der Waals surface area contributed by atoms with Gasteiger partial charge in [-0.2, -0.15) is 0 Å². The topological polar surface area (TPSA) is 12.0 Å². The summed E-state index contributed by atoms with van der Waals surface area (Å²) in [5, 5.41) is 3.39. The first-order valence-corrected chi connectivity index (χ1v) is 6.00. The van der Waals surface area contributed by atoms with E-state index >= 15 is 0 Å². The SMILES string of the molecule is C#CCCCC(C)(F)CC1CCCCN1. The molecule has 1 nitrogen and oxygen atoms in total. The smallest absolute Gasteiger partial charge is 0.109 e. The Morgan fingerprint density at radius 2 is 2.33 bits per heavy atom. The first kappa shape index (κ1) is 12.5. The van der Waals surface area contributed by atoms with Crippen LogP contribution < -0.4 is 5.32 Å². The number of halogens is 1. The molecule has 1 fully saturated rings. The van der Waals surface area contributed by atoms with Crippen LogP contribution in [0.5, 0.6) is 0 Å². The Labute approximate surface area is 92.8 Å². The minimum absolute atomic E-state index is 0.375. The molecule has 0 spiro atoms. The van der Waals surface area contributed by atoms with Crippen LogP contribution in [0.3, 0.4) is 0 Å². The summed E-state index contributed by atoms with van der Waals surface area (Å²) in [5.74, 6) is 2.56. The van der Waals surface area contributed by atoms with Crippen LogP contribution in [0.2, 0.25) is 0 Å². The number of nitrogens with one attached hydrogen (secondary N) is 1. The summed E-state index contributed by atoms with van der Waals surface area (Å²) in [6.07, 6.45) is 11.5. The second kappa shape index (κ2) is 6.12. The average molecular weight is 211 g/mol. The zero-order valence-electron chi connectivity index (χ0n) is 9.69. The molecule has 1 aliphatic heterocycles. The predicted molar refractivity (Wildman–Crippen MR) is 62.5 cm³/mol. The van der Waals surface area contributed by atoms with Crippen molar-refractivity contribution in [2.45, 2.75) is 63.6 Å². The molecule has 1 N–H and O–H groups in total. The van der Waals surface area contributed by atoms with Gasteiger partial charge in [0.05, 0.1) is 0 Å². The highest BCUT2D eigenvalue weighted by molar-refractivity contribution is 4.87. The molecule has 2 atom stereocenters. The molecule has 1 rings (SSSR count). The largest absolute Gasteiger partial charge is 0.314 e. The van der Waals surface area contributed by atoms with Crippen LogP contribution in [0.25, 0.3) is 0 Å². The van der Waals surface area contributed by atoms with Gasteiger partial charge in [-0.25, -0.2) is 4.39 Å². The Kier molecular flexibility index (Phi) is 5.11. The van der Waals surface area contributed by atoms with Gasteiger partial charge in [0.2, 0.25) is 0 Å². The molecule has 0 radical (unpaired) electrons. The first-order chi connectivity index (χ1) is 7.14. The Morgan fingerprint density at radius 3 is 2.93 bits per heavy atom. The van der Waals surface area contributed by atoms with Crippen molar-refractivity contribution in [3.05, 3.63) is 0 Å². The maximum Gasteiger partial charge on any atom is 0.109 e. The van der Waals surface area contributed by atoms with E-state index in [1.165, 1.54) is 12.8 Å². The highest BCUT2D eigenvalue weighted by atomic mass is 19.1. The van der Waals surface area contributed by atoms with Crippen molar-refractivity contribution in [3.63, 3.8) is 0 Å². The Bertz CT molecular complexity index is 211. The highest BCUT2D eigenvalue weighted by Gasteiger charge is 2.27. The van der Waals surface area contributed by atoms with Gasteiger partial charge in [0.15, 0.2) is 0 Å². The van der Waals surface area contributed by atoms with Gasteiger partial charge in [0.1, 0.15) is 5.67 Å². The fourth-order valence-electron chi connectivity index (χ4n) is 2.27. The molecule has 0 aromatic heterocycles. The van der Waals surface area contributed by atoms with E-state index in [0.29, 0.717) is 25.3 Å². The van der Waals surface area contributed by atoms with Gasteiger partial charge in [-0.05, 0) is 45.6 Å². The van der Waals surface area contributed by atoms with Crippen LogP contribution in [0.15, 0.2) is 0 Å². The molecule has 1 saturated heterocycles. The summed E-state index contributed by atoms with van der Waals surface area (Å²) < 4.78 is 14.1. The van der Waals surface area contributed by atoms with E-state index in [-0.39, 0.29) is 0 Å². The third-order valence-corrected chi connectivity index (χ3v) is 3.10. The molecule has 15 heavy (non-hydrogen) atoms. The molecule has 0 amide bonds. The molecule has 0 aromatic carbocycles. The van der Waals surface area contributed by atoms with Crippen molar-refractivity contribution in [2.75, 3.05) is 6.54 Å². The van der Waals surface area contributed by atoms with E-state index in [1.807, 2.05) is 0 Å². The molecule has 1 aliphatic rings. The molecule has 2 unspecified atom stereocenters. The first-order valence-electron chi connectivity index (χ1n) is 6.00. The van der Waals surface area contributed by atoms with Crippen LogP contribution in [0.4, 0.5) is 4.39 Å². The van der Waals surface area contributed by atoms with E-state index in [2.05, 4.69) is 11.2 Å². The van der Waals surface area contributed by atoms with Crippen LogP contribution in [0, 0.1) is 12.3 Å². The molecular weight excluding hydrogens is 189 g/mol. The zero-order chi connectivity index (χ0) is 11.1. The second-order valence-corrected chi connectivity index (χ2v) is 4.82. The molecule has 0 aromatic rings. The van der Waals surface area contributed by atoms with E-state index in [1.54, 1.807) is 6.92 Å². The Balaban J connectivity index is 2.24. The lowest BCUT2D eigenvalue weighted by Crippen LogP contribution is -2.39. The average Bonchev–Trinajstić information content (AvgIpc) is 2.18. The molecule has 0 aliphatic carbocycles. The number of hydrogen-bond acceptors (Lipinski definition) is 1. The van der Waals surface area contributed by atoms with Crippen LogP contribution in [0.1, 0.15) is 51.9 Å². The quantitative estimate of drug-likeness (QED) is 0.544. The van der Waals surface area contributed by atoms with Gasteiger partial charge < -0.3 is 5.32 Å². The fraction of sp³-hybridized carbons (Fsp3) is 0.846. The number of rotatable bonds is 5. The maximum absolute atomic E-state index is 14.1. The van der Waals surface area contributed by atoms with Crippen LogP contribution in [-0.4, -0.2) is 18.3 Å². The summed E-state index contributed by atoms with van der Waals surface area (Å²) in [7, 11) is 0. The molecular formula is C13H22FN. The standard InChI is InChI=1S/C13H22FN/c1-3-4-6-9-13(2,14)11-12-8-5-7-10-15-12/h1,12,15H,4-11H2,2H3. The summed E-state index contributed by atoms with van der Waals surface area (Å²) in [6, 6.07) is 0.375. The summed E-state index contributed by atoms with van der Waals surface area (Å²) >= 11 is 0. The lowest BCUT2D eigenvalue weighted by molar-refractivity contribution is 0.132. The van der Waals surface area contributed by atoms with Gasteiger partial charge in [-0.15, -0.1) is 12.3 Å². The Hall–Kier alpha value is -0.550. The summed E-state index contributed by atoms with van der Waals surface area (Å²) in [5.41, 5.74) is -1.05. The molecule has 86 valence electrons. The third kappa shape index (κ3) is 5.18. The lowest BCUT2D eigenvalue weighted by Gasteiger charge is -2.29. The van der Waals surface area contributed by atoms with E-state index < -0.39 is 5.67 Å². The molecule has 1 heterocycles. The third-order valence-electron chi connectivity index (χ3n) is 3.10. The van der Waals surface area contributed by atoms with Crippen molar-refractivity contribution >= 4 is 0 Å². The van der Waals surface area contributed by atoms with Gasteiger partial charge in [0, 0.05) is 12.5 Å². The number of terminal acetylenes is 1. The fourth-order valence-corrected chi connectivity index (χ4v) is 2.27. The summed E-state index contributed by atoms with van der Waals surface area (Å²) in [6.45, 7) is 2.75. The van der Waals surface area contributed by atoms with Crippen molar-refractivity contribution in [3.8, 4) is 12.3 Å². The normalized spacial score (nSPS) is 25.5. The van der Waals surface area contributed by atoms with Gasteiger partial charge in [0.25, 0.3) is 0 Å². The molecule has 0 bridgehead atoms. The van der Waals surface area contributed by atoms with E-state index in [0.717, 1.165) is 19.4 Å². The zero-order valence-corrected chi connectivity index (χ0v) is 9.69. The number of hydrogen-bond donors (Lipinski definition) is 1. The van der Waals surface area contributed by atoms with Crippen molar-refractivity contribution in [2.24, 2.45) is 0 Å². The number of piperidine rings is 1. The number of unbranched alkanes of at least 4 members (excludes halogenated alkanes) is 1.